The van der Waals surface area contributed by atoms with E-state index in [9.17, 15) is 9.59 Å². The Morgan fingerprint density at radius 3 is 2.58 bits per heavy atom. The van der Waals surface area contributed by atoms with E-state index < -0.39 is 0 Å². The van der Waals surface area contributed by atoms with Gasteiger partial charge in [-0.2, -0.15) is 0 Å². The Labute approximate surface area is 202 Å². The molecule has 1 amide bonds. The zero-order valence-corrected chi connectivity index (χ0v) is 19.9. The highest BCUT2D eigenvalue weighted by molar-refractivity contribution is 6.33. The number of methoxy groups -OCH3 is 1. The molecule has 1 aromatic heterocycles. The molecule has 2 aromatic carbocycles. The van der Waals surface area contributed by atoms with Gasteiger partial charge in [0.2, 0.25) is 0 Å². The molecule has 0 spiro atoms. The fraction of sp³-hybridized carbons (Fsp3) is 0.240. The van der Waals surface area contributed by atoms with Gasteiger partial charge in [0.25, 0.3) is 5.91 Å². The molecular weight excluding hydrogens is 463 g/mol. The minimum atomic E-state index is -0.297. The second-order valence-corrected chi connectivity index (χ2v) is 8.14. The standard InChI is InChI=1S/C25H24Cl2N2O4/c1-16-13-23(27)28-15-19(16)18-14-17(10-11-20(18)26)25(31)29-21-7-3-4-8-22(21)33-12-6-5-9-24(30)32-2/h3-4,7-8,10-11,13-15H,5-6,9,12H2,1-2H3,(H,29,31). The van der Waals surface area contributed by atoms with Crippen molar-refractivity contribution in [2.75, 3.05) is 19.0 Å². The lowest BCUT2D eigenvalue weighted by atomic mass is 10.0. The van der Waals surface area contributed by atoms with Crippen LogP contribution in [0.4, 0.5) is 5.69 Å². The van der Waals surface area contributed by atoms with Crippen LogP contribution < -0.4 is 10.1 Å². The maximum Gasteiger partial charge on any atom is 0.305 e. The SMILES string of the molecule is COC(=O)CCCCOc1ccccc1NC(=O)c1ccc(Cl)c(-c2cnc(Cl)cc2C)c1. The van der Waals surface area contributed by atoms with Gasteiger partial charge in [0, 0.05) is 34.3 Å². The number of ether oxygens (including phenoxy) is 2. The number of pyridine rings is 1. The minimum absolute atomic E-state index is 0.241. The molecular formula is C25H24Cl2N2O4. The van der Waals surface area contributed by atoms with Crippen molar-refractivity contribution >= 4 is 40.8 Å². The Bertz CT molecular complexity index is 1150. The highest BCUT2D eigenvalue weighted by Crippen LogP contribution is 2.32. The number of rotatable bonds is 9. The molecule has 3 aromatic rings. The number of aromatic nitrogens is 1. The quantitative estimate of drug-likeness (QED) is 0.217. The van der Waals surface area contributed by atoms with Gasteiger partial charge in [-0.15, -0.1) is 0 Å². The van der Waals surface area contributed by atoms with Crippen LogP contribution in [0, 0.1) is 6.92 Å². The molecule has 0 unspecified atom stereocenters. The number of hydrogen-bond donors (Lipinski definition) is 1. The average molecular weight is 487 g/mol. The second-order valence-electron chi connectivity index (χ2n) is 7.35. The van der Waals surface area contributed by atoms with Crippen molar-refractivity contribution in [3.63, 3.8) is 0 Å². The van der Waals surface area contributed by atoms with E-state index in [1.807, 2.05) is 19.1 Å². The fourth-order valence-electron chi connectivity index (χ4n) is 3.22. The predicted molar refractivity (Wildman–Crippen MR) is 130 cm³/mol. The first-order valence-corrected chi connectivity index (χ1v) is 11.2. The van der Waals surface area contributed by atoms with Crippen molar-refractivity contribution < 1.29 is 19.1 Å². The van der Waals surface area contributed by atoms with E-state index in [4.69, 9.17) is 27.9 Å². The first-order chi connectivity index (χ1) is 15.9. The van der Waals surface area contributed by atoms with Crippen molar-refractivity contribution in [1.82, 2.24) is 4.98 Å². The van der Waals surface area contributed by atoms with E-state index in [0.29, 0.717) is 58.6 Å². The molecule has 0 aliphatic carbocycles. The van der Waals surface area contributed by atoms with Crippen LogP contribution >= 0.6 is 23.2 Å². The Kier molecular flexibility index (Phi) is 8.69. The smallest absolute Gasteiger partial charge is 0.305 e. The summed E-state index contributed by atoms with van der Waals surface area (Å²) in [5, 5.41) is 3.80. The number of nitrogens with zero attached hydrogens (tertiary/aromatic N) is 1. The number of carbonyl (C=O) groups is 2. The van der Waals surface area contributed by atoms with Crippen molar-refractivity contribution in [2.45, 2.75) is 26.2 Å². The van der Waals surface area contributed by atoms with Gasteiger partial charge < -0.3 is 14.8 Å². The van der Waals surface area contributed by atoms with Gasteiger partial charge in [-0.3, -0.25) is 9.59 Å². The highest BCUT2D eigenvalue weighted by atomic mass is 35.5. The number of amides is 1. The zero-order chi connectivity index (χ0) is 23.8. The van der Waals surface area contributed by atoms with Gasteiger partial charge in [0.1, 0.15) is 10.9 Å². The van der Waals surface area contributed by atoms with Crippen molar-refractivity contribution in [3.8, 4) is 16.9 Å². The number of unbranched alkanes of at least 4 members (excludes halogenated alkanes) is 1. The summed E-state index contributed by atoms with van der Waals surface area (Å²) in [6.07, 6.45) is 3.34. The van der Waals surface area contributed by atoms with Crippen LogP contribution in [0.25, 0.3) is 11.1 Å². The molecule has 0 bridgehead atoms. The van der Waals surface area contributed by atoms with Crippen molar-refractivity contribution in [1.29, 1.82) is 0 Å². The lowest BCUT2D eigenvalue weighted by Gasteiger charge is -2.14. The number of esters is 1. The largest absolute Gasteiger partial charge is 0.491 e. The maximum absolute atomic E-state index is 13.0. The fourth-order valence-corrected chi connectivity index (χ4v) is 3.65. The summed E-state index contributed by atoms with van der Waals surface area (Å²) in [4.78, 5) is 28.3. The number of carbonyl (C=O) groups excluding carboxylic acids is 2. The Morgan fingerprint density at radius 2 is 1.82 bits per heavy atom. The van der Waals surface area contributed by atoms with E-state index in [1.54, 1.807) is 42.6 Å². The summed E-state index contributed by atoms with van der Waals surface area (Å²) in [6, 6.07) is 14.0. The number of aryl methyl sites for hydroxylation is 1. The monoisotopic (exact) mass is 486 g/mol. The molecule has 1 heterocycles. The second kappa shape index (κ2) is 11.7. The minimum Gasteiger partial charge on any atom is -0.491 e. The number of benzene rings is 2. The number of nitrogens with one attached hydrogen (secondary N) is 1. The van der Waals surface area contributed by atoms with Gasteiger partial charge >= 0.3 is 5.97 Å². The molecule has 8 heteroatoms. The van der Waals surface area contributed by atoms with Crippen LogP contribution in [0.1, 0.15) is 35.2 Å². The molecule has 3 rings (SSSR count). The Balaban J connectivity index is 1.71. The van der Waals surface area contributed by atoms with E-state index in [-0.39, 0.29) is 11.9 Å². The lowest BCUT2D eigenvalue weighted by molar-refractivity contribution is -0.140. The summed E-state index contributed by atoms with van der Waals surface area (Å²) in [7, 11) is 1.37. The first kappa shape index (κ1) is 24.6. The first-order valence-electron chi connectivity index (χ1n) is 10.4. The van der Waals surface area contributed by atoms with Crippen LogP contribution in [0.3, 0.4) is 0 Å². The molecule has 0 saturated carbocycles. The molecule has 0 atom stereocenters. The normalized spacial score (nSPS) is 10.5. The predicted octanol–water partition coefficient (Wildman–Crippen LogP) is 6.34. The third kappa shape index (κ3) is 6.70. The molecule has 0 radical (unpaired) electrons. The van der Waals surface area contributed by atoms with Crippen LogP contribution in [-0.2, 0) is 9.53 Å². The Hall–Kier alpha value is -3.09. The summed E-state index contributed by atoms with van der Waals surface area (Å²) in [5.74, 6) is 0.0136. The molecule has 0 aliphatic heterocycles. The van der Waals surface area contributed by atoms with Gasteiger partial charge in [0.05, 0.1) is 19.4 Å². The molecule has 6 nitrogen and oxygen atoms in total. The number of hydrogen-bond acceptors (Lipinski definition) is 5. The zero-order valence-electron chi connectivity index (χ0n) is 18.4. The molecule has 33 heavy (non-hydrogen) atoms. The van der Waals surface area contributed by atoms with Crippen LogP contribution in [0.5, 0.6) is 5.75 Å². The summed E-state index contributed by atoms with van der Waals surface area (Å²) >= 11 is 12.4. The van der Waals surface area contributed by atoms with Crippen LogP contribution in [0.2, 0.25) is 10.2 Å². The van der Waals surface area contributed by atoms with Crippen molar-refractivity contribution in [3.05, 3.63) is 76.0 Å². The number of halogens is 2. The Morgan fingerprint density at radius 1 is 1.03 bits per heavy atom. The molecule has 1 N–H and O–H groups in total. The molecule has 0 fully saturated rings. The number of para-hydroxylation sites is 2. The lowest BCUT2D eigenvalue weighted by Crippen LogP contribution is -2.13. The summed E-state index contributed by atoms with van der Waals surface area (Å²) < 4.78 is 10.5. The summed E-state index contributed by atoms with van der Waals surface area (Å²) in [5.41, 5.74) is 3.39. The third-order valence-corrected chi connectivity index (χ3v) is 5.53. The van der Waals surface area contributed by atoms with Crippen LogP contribution in [0.15, 0.2) is 54.7 Å². The van der Waals surface area contributed by atoms with Gasteiger partial charge in [0.15, 0.2) is 0 Å². The van der Waals surface area contributed by atoms with E-state index in [1.165, 1.54) is 7.11 Å². The summed E-state index contributed by atoms with van der Waals surface area (Å²) in [6.45, 7) is 2.32. The molecule has 0 aliphatic rings. The number of anilines is 1. The molecule has 172 valence electrons. The average Bonchev–Trinajstić information content (AvgIpc) is 2.80. The van der Waals surface area contributed by atoms with Crippen molar-refractivity contribution in [2.24, 2.45) is 0 Å². The van der Waals surface area contributed by atoms with E-state index in [0.717, 1.165) is 11.1 Å². The van der Waals surface area contributed by atoms with E-state index in [2.05, 4.69) is 15.0 Å². The highest BCUT2D eigenvalue weighted by Gasteiger charge is 2.14. The topological polar surface area (TPSA) is 77.5 Å². The van der Waals surface area contributed by atoms with Gasteiger partial charge in [-0.05, 0) is 61.7 Å². The van der Waals surface area contributed by atoms with E-state index >= 15 is 0 Å². The maximum atomic E-state index is 13.0. The third-order valence-electron chi connectivity index (χ3n) is 4.99. The van der Waals surface area contributed by atoms with Gasteiger partial charge in [-0.25, -0.2) is 4.98 Å². The van der Waals surface area contributed by atoms with Gasteiger partial charge in [-0.1, -0.05) is 35.3 Å². The van der Waals surface area contributed by atoms with Crippen LogP contribution in [-0.4, -0.2) is 30.6 Å². The molecule has 0 saturated heterocycles.